The Morgan fingerprint density at radius 3 is 3.00 bits per heavy atom. The van der Waals surface area contributed by atoms with Crippen LogP contribution in [0.15, 0.2) is 36.7 Å². The zero-order chi connectivity index (χ0) is 13.0. The van der Waals surface area contributed by atoms with Crippen LogP contribution in [0.1, 0.15) is 6.92 Å². The van der Waals surface area contributed by atoms with Crippen molar-refractivity contribution < 1.29 is 4.79 Å². The molecule has 0 unspecified atom stereocenters. The zero-order valence-electron chi connectivity index (χ0n) is 10.3. The van der Waals surface area contributed by atoms with Crippen molar-refractivity contribution >= 4 is 11.6 Å². The number of benzene rings is 1. The fraction of sp³-hybridized carbons (Fsp3) is 0.231. The molecule has 0 aliphatic heterocycles. The molecule has 0 bridgehead atoms. The van der Waals surface area contributed by atoms with Gasteiger partial charge in [0.05, 0.1) is 6.20 Å². The largest absolute Gasteiger partial charge is 0.399 e. The van der Waals surface area contributed by atoms with Crippen LogP contribution >= 0.6 is 0 Å². The van der Waals surface area contributed by atoms with E-state index in [4.69, 9.17) is 5.73 Å². The molecule has 5 nitrogen and oxygen atoms in total. The Kier molecular flexibility index (Phi) is 3.62. The molecular formula is C13H16N4O. The maximum Gasteiger partial charge on any atom is 0.241 e. The molecule has 0 fully saturated rings. The number of nitrogens with zero attached hydrogens (tertiary/aromatic N) is 2. The number of anilines is 1. The number of nitrogens with one attached hydrogen (secondary N) is 1. The molecule has 1 heterocycles. The van der Waals surface area contributed by atoms with Gasteiger partial charge >= 0.3 is 0 Å². The summed E-state index contributed by atoms with van der Waals surface area (Å²) in [6.07, 6.45) is 3.57. The van der Waals surface area contributed by atoms with Gasteiger partial charge in [-0.15, -0.1) is 0 Å². The predicted molar refractivity (Wildman–Crippen MR) is 70.8 cm³/mol. The van der Waals surface area contributed by atoms with Crippen molar-refractivity contribution in [3.05, 3.63) is 36.7 Å². The van der Waals surface area contributed by atoms with Crippen LogP contribution in [-0.4, -0.2) is 22.2 Å². The minimum atomic E-state index is -0.0419. The van der Waals surface area contributed by atoms with Crippen LogP contribution in [-0.2, 0) is 11.3 Å². The molecule has 0 saturated carbocycles. The third-order valence-electron chi connectivity index (χ3n) is 2.53. The maximum absolute atomic E-state index is 11.4. The number of hydrogen-bond donors (Lipinski definition) is 2. The fourth-order valence-electron chi connectivity index (χ4n) is 1.72. The van der Waals surface area contributed by atoms with Crippen LogP contribution in [0.2, 0.25) is 0 Å². The zero-order valence-corrected chi connectivity index (χ0v) is 10.3. The Morgan fingerprint density at radius 1 is 1.44 bits per heavy atom. The van der Waals surface area contributed by atoms with Gasteiger partial charge in [-0.3, -0.25) is 9.48 Å². The first kappa shape index (κ1) is 12.2. The monoisotopic (exact) mass is 244 g/mol. The summed E-state index contributed by atoms with van der Waals surface area (Å²) in [5, 5.41) is 6.89. The van der Waals surface area contributed by atoms with E-state index in [-0.39, 0.29) is 12.5 Å². The molecular weight excluding hydrogens is 228 g/mol. The van der Waals surface area contributed by atoms with E-state index >= 15 is 0 Å². The van der Waals surface area contributed by atoms with Crippen LogP contribution in [0.4, 0.5) is 5.69 Å². The van der Waals surface area contributed by atoms with Gasteiger partial charge in [-0.25, -0.2) is 0 Å². The number of hydrogen-bond acceptors (Lipinski definition) is 3. The molecule has 3 N–H and O–H groups in total. The Bertz CT molecular complexity index is 547. The van der Waals surface area contributed by atoms with E-state index in [0.717, 1.165) is 11.1 Å². The van der Waals surface area contributed by atoms with Crippen LogP contribution in [0.5, 0.6) is 0 Å². The summed E-state index contributed by atoms with van der Waals surface area (Å²) in [6, 6.07) is 7.58. The highest BCUT2D eigenvalue weighted by atomic mass is 16.2. The summed E-state index contributed by atoms with van der Waals surface area (Å²) in [4.78, 5) is 11.4. The molecule has 0 aliphatic carbocycles. The molecule has 2 rings (SSSR count). The molecule has 0 radical (unpaired) electrons. The summed E-state index contributed by atoms with van der Waals surface area (Å²) in [6.45, 7) is 2.75. The highest BCUT2D eigenvalue weighted by Gasteiger charge is 2.05. The van der Waals surface area contributed by atoms with Gasteiger partial charge in [0.15, 0.2) is 0 Å². The van der Waals surface area contributed by atoms with Gasteiger partial charge in [0.2, 0.25) is 5.91 Å². The van der Waals surface area contributed by atoms with E-state index in [9.17, 15) is 4.79 Å². The van der Waals surface area contributed by atoms with E-state index in [1.54, 1.807) is 10.9 Å². The van der Waals surface area contributed by atoms with Gasteiger partial charge in [0, 0.05) is 24.0 Å². The topological polar surface area (TPSA) is 72.9 Å². The number of carbonyl (C=O) groups excluding carboxylic acids is 1. The highest BCUT2D eigenvalue weighted by Crippen LogP contribution is 2.20. The summed E-state index contributed by atoms with van der Waals surface area (Å²) < 4.78 is 1.61. The number of amides is 1. The first-order valence-electron chi connectivity index (χ1n) is 5.84. The third kappa shape index (κ3) is 2.88. The first-order valence-corrected chi connectivity index (χ1v) is 5.84. The minimum absolute atomic E-state index is 0.0419. The van der Waals surface area contributed by atoms with Gasteiger partial charge in [0.1, 0.15) is 6.54 Å². The number of nitrogen functional groups attached to an aromatic ring is 1. The Morgan fingerprint density at radius 2 is 2.28 bits per heavy atom. The SMILES string of the molecule is CCNC(=O)Cn1cc(-c2cccc(N)c2)cn1. The predicted octanol–water partition coefficient (Wildman–Crippen LogP) is 1.27. The van der Waals surface area contributed by atoms with Crippen molar-refractivity contribution in [3.8, 4) is 11.1 Å². The summed E-state index contributed by atoms with van der Waals surface area (Å²) in [7, 11) is 0. The molecule has 0 spiro atoms. The van der Waals surface area contributed by atoms with E-state index in [0.29, 0.717) is 12.2 Å². The Balaban J connectivity index is 2.13. The van der Waals surface area contributed by atoms with Gasteiger partial charge < -0.3 is 11.1 Å². The normalized spacial score (nSPS) is 10.3. The highest BCUT2D eigenvalue weighted by molar-refractivity contribution is 5.75. The second-order valence-corrected chi connectivity index (χ2v) is 4.01. The summed E-state index contributed by atoms with van der Waals surface area (Å²) in [5.41, 5.74) is 8.39. The lowest BCUT2D eigenvalue weighted by Gasteiger charge is -2.01. The third-order valence-corrected chi connectivity index (χ3v) is 2.53. The van der Waals surface area contributed by atoms with Crippen LogP contribution in [0, 0.1) is 0 Å². The second-order valence-electron chi connectivity index (χ2n) is 4.01. The average molecular weight is 244 g/mol. The molecule has 18 heavy (non-hydrogen) atoms. The number of aromatic nitrogens is 2. The Labute approximate surface area is 106 Å². The lowest BCUT2D eigenvalue weighted by molar-refractivity contribution is -0.121. The first-order chi connectivity index (χ1) is 8.69. The van der Waals surface area contributed by atoms with Crippen molar-refractivity contribution in [2.45, 2.75) is 13.5 Å². The standard InChI is InChI=1S/C13H16N4O/c1-2-15-13(18)9-17-8-11(7-16-17)10-4-3-5-12(14)6-10/h3-8H,2,9,14H2,1H3,(H,15,18). The lowest BCUT2D eigenvalue weighted by atomic mass is 10.1. The second kappa shape index (κ2) is 5.35. The van der Waals surface area contributed by atoms with Crippen LogP contribution < -0.4 is 11.1 Å². The van der Waals surface area contributed by atoms with E-state index in [2.05, 4.69) is 10.4 Å². The molecule has 0 atom stereocenters. The fourth-order valence-corrected chi connectivity index (χ4v) is 1.72. The van der Waals surface area contributed by atoms with E-state index in [1.807, 2.05) is 37.4 Å². The summed E-state index contributed by atoms with van der Waals surface area (Å²) in [5.74, 6) is -0.0419. The van der Waals surface area contributed by atoms with E-state index < -0.39 is 0 Å². The minimum Gasteiger partial charge on any atom is -0.399 e. The van der Waals surface area contributed by atoms with Crippen molar-refractivity contribution in [3.63, 3.8) is 0 Å². The quantitative estimate of drug-likeness (QED) is 0.795. The number of nitrogens with two attached hydrogens (primary N) is 1. The molecule has 0 aliphatic rings. The Hall–Kier alpha value is -2.30. The maximum atomic E-state index is 11.4. The van der Waals surface area contributed by atoms with Crippen LogP contribution in [0.3, 0.4) is 0 Å². The number of likely N-dealkylation sites (N-methyl/N-ethyl adjacent to an activating group) is 1. The molecule has 1 aromatic carbocycles. The van der Waals surface area contributed by atoms with Gasteiger partial charge in [0.25, 0.3) is 0 Å². The van der Waals surface area contributed by atoms with Gasteiger partial charge in [-0.1, -0.05) is 12.1 Å². The molecule has 1 aromatic heterocycles. The van der Waals surface area contributed by atoms with Gasteiger partial charge in [-0.2, -0.15) is 5.10 Å². The lowest BCUT2D eigenvalue weighted by Crippen LogP contribution is -2.27. The smallest absolute Gasteiger partial charge is 0.241 e. The van der Waals surface area contributed by atoms with Crippen molar-refractivity contribution in [1.82, 2.24) is 15.1 Å². The molecule has 1 amide bonds. The molecule has 94 valence electrons. The van der Waals surface area contributed by atoms with Crippen molar-refractivity contribution in [2.24, 2.45) is 0 Å². The average Bonchev–Trinajstić information content (AvgIpc) is 2.78. The van der Waals surface area contributed by atoms with Crippen molar-refractivity contribution in [1.29, 1.82) is 0 Å². The van der Waals surface area contributed by atoms with Crippen LogP contribution in [0.25, 0.3) is 11.1 Å². The number of rotatable bonds is 4. The van der Waals surface area contributed by atoms with E-state index in [1.165, 1.54) is 0 Å². The molecule has 5 heteroatoms. The van der Waals surface area contributed by atoms with Crippen molar-refractivity contribution in [2.75, 3.05) is 12.3 Å². The molecule has 2 aromatic rings. The van der Waals surface area contributed by atoms with Gasteiger partial charge in [-0.05, 0) is 24.6 Å². The molecule has 0 saturated heterocycles. The summed E-state index contributed by atoms with van der Waals surface area (Å²) >= 11 is 0. The number of carbonyl (C=O) groups is 1.